The van der Waals surface area contributed by atoms with Crippen LogP contribution in [0.5, 0.6) is 0 Å². The van der Waals surface area contributed by atoms with E-state index >= 15 is 0 Å². The SMILES string of the molecule is CCNC([SiH3])(NCC)N(CC)CC. The van der Waals surface area contributed by atoms with E-state index in [0.717, 1.165) is 36.4 Å². The van der Waals surface area contributed by atoms with Gasteiger partial charge >= 0.3 is 0 Å². The lowest BCUT2D eigenvalue weighted by atomic mass is 10.4. The van der Waals surface area contributed by atoms with Crippen LogP contribution in [-0.4, -0.2) is 46.7 Å². The maximum absolute atomic E-state index is 3.54. The van der Waals surface area contributed by atoms with Gasteiger partial charge in [0.05, 0.1) is 15.7 Å². The Balaban J connectivity index is 4.33. The van der Waals surface area contributed by atoms with Gasteiger partial charge in [-0.25, -0.2) is 0 Å². The van der Waals surface area contributed by atoms with Crippen molar-refractivity contribution in [2.24, 2.45) is 0 Å². The molecule has 3 nitrogen and oxygen atoms in total. The second-order valence-electron chi connectivity index (χ2n) is 3.31. The van der Waals surface area contributed by atoms with Gasteiger partial charge in [0.1, 0.15) is 0 Å². The van der Waals surface area contributed by atoms with Crippen molar-refractivity contribution < 1.29 is 0 Å². The summed E-state index contributed by atoms with van der Waals surface area (Å²) in [5, 5.41) is 7.08. The van der Waals surface area contributed by atoms with E-state index < -0.39 is 0 Å². The molecule has 0 saturated carbocycles. The first kappa shape index (κ1) is 13.1. The highest BCUT2D eigenvalue weighted by molar-refractivity contribution is 6.14. The quantitative estimate of drug-likeness (QED) is 0.432. The molecule has 0 aromatic rings. The molecule has 0 spiro atoms. The van der Waals surface area contributed by atoms with Crippen molar-refractivity contribution in [2.75, 3.05) is 26.2 Å². The first-order valence-corrected chi connectivity index (χ1v) is 6.39. The van der Waals surface area contributed by atoms with Gasteiger partial charge < -0.3 is 0 Å². The molecule has 0 aromatic heterocycles. The van der Waals surface area contributed by atoms with Crippen molar-refractivity contribution in [3.63, 3.8) is 0 Å². The van der Waals surface area contributed by atoms with Crippen LogP contribution in [-0.2, 0) is 0 Å². The highest BCUT2D eigenvalue weighted by Crippen LogP contribution is 2.02. The molecule has 0 fully saturated rings. The van der Waals surface area contributed by atoms with E-state index in [1.165, 1.54) is 0 Å². The van der Waals surface area contributed by atoms with Crippen LogP contribution in [0.1, 0.15) is 27.7 Å². The van der Waals surface area contributed by atoms with Crippen LogP contribution in [0.4, 0.5) is 0 Å². The van der Waals surface area contributed by atoms with Crippen LogP contribution in [0.15, 0.2) is 0 Å². The molecule has 4 heteroatoms. The van der Waals surface area contributed by atoms with Gasteiger partial charge in [0.25, 0.3) is 0 Å². The van der Waals surface area contributed by atoms with Gasteiger partial charge in [0, 0.05) is 0 Å². The third-order valence-corrected chi connectivity index (χ3v) is 3.78. The minimum atomic E-state index is 0.0903. The van der Waals surface area contributed by atoms with E-state index in [1.54, 1.807) is 0 Å². The first-order chi connectivity index (χ1) is 6.14. The fourth-order valence-electron chi connectivity index (χ4n) is 1.83. The van der Waals surface area contributed by atoms with Crippen molar-refractivity contribution >= 4 is 10.2 Å². The molecule has 2 N–H and O–H groups in total. The zero-order valence-electron chi connectivity index (χ0n) is 9.78. The summed E-state index contributed by atoms with van der Waals surface area (Å²) in [7, 11) is 1.09. The number of hydrogen-bond donors (Lipinski definition) is 2. The van der Waals surface area contributed by atoms with E-state index in [1.807, 2.05) is 0 Å². The van der Waals surface area contributed by atoms with Crippen LogP contribution in [0.2, 0.25) is 0 Å². The van der Waals surface area contributed by atoms with E-state index in [9.17, 15) is 0 Å². The largest absolute Gasteiger partial charge is 0.291 e. The van der Waals surface area contributed by atoms with Crippen LogP contribution < -0.4 is 10.6 Å². The standard InChI is InChI=1S/C9H25N3Si/c1-5-10-9(13,11-6-2)12(7-3)8-4/h10-11H,5-8H2,1-4,13H3. The van der Waals surface area contributed by atoms with E-state index in [-0.39, 0.29) is 5.41 Å². The topological polar surface area (TPSA) is 27.3 Å². The van der Waals surface area contributed by atoms with E-state index in [2.05, 4.69) is 43.2 Å². The molecule has 0 amide bonds. The Bertz CT molecular complexity index is 120. The third kappa shape index (κ3) is 3.77. The molecular formula is C9H25N3Si. The zero-order valence-corrected chi connectivity index (χ0v) is 11.8. The maximum Gasteiger partial charge on any atom is 0.0995 e. The highest BCUT2D eigenvalue weighted by Gasteiger charge is 2.26. The van der Waals surface area contributed by atoms with Gasteiger partial charge in [-0.3, -0.25) is 15.5 Å². The predicted molar refractivity (Wildman–Crippen MR) is 62.9 cm³/mol. The van der Waals surface area contributed by atoms with E-state index in [4.69, 9.17) is 0 Å². The molecule has 0 aromatic carbocycles. The summed E-state index contributed by atoms with van der Waals surface area (Å²) in [6.45, 7) is 13.0. The fraction of sp³-hybridized carbons (Fsp3) is 1.00. The van der Waals surface area contributed by atoms with Crippen molar-refractivity contribution in [3.8, 4) is 0 Å². The highest BCUT2D eigenvalue weighted by atomic mass is 28.1. The molecule has 80 valence electrons. The van der Waals surface area contributed by atoms with Crippen molar-refractivity contribution in [2.45, 2.75) is 33.1 Å². The third-order valence-electron chi connectivity index (χ3n) is 2.44. The van der Waals surface area contributed by atoms with Crippen LogP contribution in [0.25, 0.3) is 0 Å². The smallest absolute Gasteiger partial charge is 0.0995 e. The fourth-order valence-corrected chi connectivity index (χ4v) is 3.17. The molecule has 0 aliphatic carbocycles. The lowest BCUT2D eigenvalue weighted by Crippen LogP contribution is -2.68. The Labute approximate surface area is 85.7 Å². The second-order valence-corrected chi connectivity index (χ2v) is 4.75. The zero-order chi connectivity index (χ0) is 10.3. The average Bonchev–Trinajstić information content (AvgIpc) is 2.07. The van der Waals surface area contributed by atoms with Crippen LogP contribution in [0, 0.1) is 0 Å². The Morgan fingerprint density at radius 1 is 1.00 bits per heavy atom. The van der Waals surface area contributed by atoms with Gasteiger partial charge in [-0.2, -0.15) is 0 Å². The number of nitrogens with one attached hydrogen (secondary N) is 2. The summed E-state index contributed by atoms with van der Waals surface area (Å²) in [5.74, 6) is 0. The monoisotopic (exact) mass is 203 g/mol. The maximum atomic E-state index is 3.54. The van der Waals surface area contributed by atoms with Gasteiger partial charge in [-0.15, -0.1) is 0 Å². The Morgan fingerprint density at radius 3 is 1.62 bits per heavy atom. The van der Waals surface area contributed by atoms with Crippen LogP contribution >= 0.6 is 0 Å². The Kier molecular flexibility index (Phi) is 6.58. The molecular weight excluding hydrogens is 178 g/mol. The lowest BCUT2D eigenvalue weighted by Gasteiger charge is -2.42. The number of rotatable bonds is 7. The summed E-state index contributed by atoms with van der Waals surface area (Å²) in [4.78, 5) is 2.45. The van der Waals surface area contributed by atoms with Gasteiger partial charge in [-0.05, 0) is 26.2 Å². The van der Waals surface area contributed by atoms with Crippen molar-refractivity contribution in [1.29, 1.82) is 0 Å². The molecule has 0 unspecified atom stereocenters. The molecule has 0 bridgehead atoms. The summed E-state index contributed by atoms with van der Waals surface area (Å²) in [5.41, 5.74) is 0.0903. The van der Waals surface area contributed by atoms with Gasteiger partial charge in [-0.1, -0.05) is 27.7 Å². The van der Waals surface area contributed by atoms with Crippen molar-refractivity contribution in [3.05, 3.63) is 0 Å². The predicted octanol–water partition coefficient (Wildman–Crippen LogP) is -0.476. The Morgan fingerprint density at radius 2 is 1.38 bits per heavy atom. The molecule has 0 radical (unpaired) electrons. The molecule has 0 heterocycles. The minimum Gasteiger partial charge on any atom is -0.291 e. The van der Waals surface area contributed by atoms with Crippen LogP contribution in [0.3, 0.4) is 0 Å². The van der Waals surface area contributed by atoms with Crippen molar-refractivity contribution in [1.82, 2.24) is 15.5 Å². The molecule has 0 aliphatic heterocycles. The summed E-state index contributed by atoms with van der Waals surface area (Å²) in [6.07, 6.45) is 0. The number of nitrogens with zero attached hydrogens (tertiary/aromatic N) is 1. The summed E-state index contributed by atoms with van der Waals surface area (Å²) >= 11 is 0. The second kappa shape index (κ2) is 6.54. The number of hydrogen-bond acceptors (Lipinski definition) is 3. The lowest BCUT2D eigenvalue weighted by molar-refractivity contribution is 0.111. The minimum absolute atomic E-state index is 0.0903. The van der Waals surface area contributed by atoms with Gasteiger partial charge in [0.15, 0.2) is 0 Å². The van der Waals surface area contributed by atoms with Gasteiger partial charge in [0.2, 0.25) is 0 Å². The molecule has 0 rings (SSSR count). The van der Waals surface area contributed by atoms with E-state index in [0.29, 0.717) is 0 Å². The molecule has 0 saturated heterocycles. The molecule has 0 aliphatic rings. The Hall–Kier alpha value is 0.0969. The normalized spacial score (nSPS) is 12.7. The first-order valence-electron chi connectivity index (χ1n) is 5.39. The molecule has 0 atom stereocenters. The summed E-state index contributed by atoms with van der Waals surface area (Å²) in [6, 6.07) is 0. The molecule has 13 heavy (non-hydrogen) atoms. The summed E-state index contributed by atoms with van der Waals surface area (Å²) < 4.78 is 0. The average molecular weight is 203 g/mol.